The number of H-pyrrole nitrogens is 1. The van der Waals surface area contributed by atoms with Gasteiger partial charge in [0, 0.05) is 19.3 Å². The van der Waals surface area contributed by atoms with Gasteiger partial charge in [0.25, 0.3) is 5.91 Å². The number of aromatic amines is 1. The Morgan fingerprint density at radius 1 is 1.32 bits per heavy atom. The van der Waals surface area contributed by atoms with Crippen LogP contribution >= 0.6 is 0 Å². The zero-order valence-corrected chi connectivity index (χ0v) is 10.3. The van der Waals surface area contributed by atoms with Crippen LogP contribution in [0.5, 0.6) is 0 Å². The highest BCUT2D eigenvalue weighted by Crippen LogP contribution is 2.26. The van der Waals surface area contributed by atoms with E-state index in [9.17, 15) is 4.79 Å². The molecule has 1 aliphatic rings. The molecule has 0 radical (unpaired) electrons. The average molecular weight is 258 g/mol. The summed E-state index contributed by atoms with van der Waals surface area (Å²) in [5.41, 5.74) is 0.700. The first-order valence-corrected chi connectivity index (χ1v) is 6.21. The smallest absolute Gasteiger partial charge is 0.293 e. The number of carbonyl (C=O) groups excluding carboxylic acids is 1. The highest BCUT2D eigenvalue weighted by Gasteiger charge is 2.18. The number of carbonyl (C=O) groups is 1. The van der Waals surface area contributed by atoms with Crippen molar-refractivity contribution in [1.82, 2.24) is 20.2 Å². The summed E-state index contributed by atoms with van der Waals surface area (Å²) >= 11 is 0. The predicted molar refractivity (Wildman–Crippen MR) is 70.0 cm³/mol. The number of hydrogen-bond donors (Lipinski definition) is 2. The van der Waals surface area contributed by atoms with E-state index in [-0.39, 0.29) is 11.7 Å². The molecule has 1 saturated heterocycles. The Morgan fingerprint density at radius 2 is 2.16 bits per heavy atom. The van der Waals surface area contributed by atoms with Crippen LogP contribution in [0.4, 0.5) is 11.5 Å². The molecule has 2 aromatic rings. The van der Waals surface area contributed by atoms with Crippen molar-refractivity contribution in [3.63, 3.8) is 0 Å². The molecule has 2 N–H and O–H groups in total. The number of anilines is 2. The zero-order chi connectivity index (χ0) is 13.1. The molecule has 98 valence electrons. The van der Waals surface area contributed by atoms with Crippen molar-refractivity contribution in [2.24, 2.45) is 0 Å². The van der Waals surface area contributed by atoms with Crippen LogP contribution in [-0.2, 0) is 0 Å². The third-order valence-electron chi connectivity index (χ3n) is 3.07. The Bertz CT molecular complexity index is 561. The van der Waals surface area contributed by atoms with E-state index in [0.717, 1.165) is 31.7 Å². The lowest BCUT2D eigenvalue weighted by molar-refractivity contribution is 0.101. The molecule has 3 heterocycles. The zero-order valence-electron chi connectivity index (χ0n) is 10.3. The normalized spacial score (nSPS) is 14.6. The number of aromatic nitrogens is 4. The van der Waals surface area contributed by atoms with Gasteiger partial charge in [-0.3, -0.25) is 9.89 Å². The van der Waals surface area contributed by atoms with Crippen molar-refractivity contribution in [2.75, 3.05) is 23.3 Å². The summed E-state index contributed by atoms with van der Waals surface area (Å²) in [6.07, 6.45) is 5.36. The molecule has 3 rings (SSSR count). The van der Waals surface area contributed by atoms with Gasteiger partial charge < -0.3 is 10.2 Å². The van der Waals surface area contributed by atoms with E-state index in [1.807, 2.05) is 6.07 Å². The van der Waals surface area contributed by atoms with Crippen molar-refractivity contribution in [2.45, 2.75) is 12.8 Å². The van der Waals surface area contributed by atoms with Gasteiger partial charge in [-0.25, -0.2) is 9.97 Å². The van der Waals surface area contributed by atoms with Gasteiger partial charge in [0.05, 0.1) is 5.69 Å². The minimum Gasteiger partial charge on any atom is -0.355 e. The van der Waals surface area contributed by atoms with E-state index in [0.29, 0.717) is 5.69 Å². The lowest BCUT2D eigenvalue weighted by atomic mass is 10.3. The minimum absolute atomic E-state index is 0.191. The molecule has 0 aromatic carbocycles. The summed E-state index contributed by atoms with van der Waals surface area (Å²) in [5, 5.41) is 9.01. The monoisotopic (exact) mass is 258 g/mol. The average Bonchev–Trinajstić information content (AvgIpc) is 3.13. The molecule has 1 amide bonds. The van der Waals surface area contributed by atoms with Gasteiger partial charge in [-0.15, -0.1) is 0 Å². The van der Waals surface area contributed by atoms with Crippen LogP contribution in [0.15, 0.2) is 24.7 Å². The van der Waals surface area contributed by atoms with Crippen molar-refractivity contribution in [1.29, 1.82) is 0 Å². The molecule has 7 heteroatoms. The van der Waals surface area contributed by atoms with Crippen molar-refractivity contribution >= 4 is 17.4 Å². The third kappa shape index (κ3) is 2.40. The van der Waals surface area contributed by atoms with Crippen molar-refractivity contribution in [3.05, 3.63) is 30.5 Å². The Labute approximate surface area is 110 Å². The van der Waals surface area contributed by atoms with Gasteiger partial charge in [-0.2, -0.15) is 5.10 Å². The summed E-state index contributed by atoms with van der Waals surface area (Å²) in [5.74, 6) is 0.690. The van der Waals surface area contributed by atoms with Crippen LogP contribution in [0.3, 0.4) is 0 Å². The van der Waals surface area contributed by atoms with Crippen molar-refractivity contribution < 1.29 is 4.79 Å². The van der Waals surface area contributed by atoms with Gasteiger partial charge in [0.1, 0.15) is 6.33 Å². The SMILES string of the molecule is O=C(Nc1cccnc1N1CCCC1)c1ncn[nH]1. The maximum absolute atomic E-state index is 12.0. The van der Waals surface area contributed by atoms with E-state index in [4.69, 9.17) is 0 Å². The largest absolute Gasteiger partial charge is 0.355 e. The number of nitrogens with one attached hydrogen (secondary N) is 2. The van der Waals surface area contributed by atoms with E-state index in [1.165, 1.54) is 6.33 Å². The molecular formula is C12H14N6O. The summed E-state index contributed by atoms with van der Waals surface area (Å²) in [4.78, 5) is 22.3. The van der Waals surface area contributed by atoms with Gasteiger partial charge in [0.15, 0.2) is 5.82 Å². The summed E-state index contributed by atoms with van der Waals surface area (Å²) in [6.45, 7) is 1.95. The van der Waals surface area contributed by atoms with Gasteiger partial charge in [-0.05, 0) is 25.0 Å². The summed E-state index contributed by atoms with van der Waals surface area (Å²) in [7, 11) is 0. The molecule has 19 heavy (non-hydrogen) atoms. The topological polar surface area (TPSA) is 86.8 Å². The molecule has 1 fully saturated rings. The molecule has 7 nitrogen and oxygen atoms in total. The van der Waals surface area contributed by atoms with Crippen LogP contribution in [0.2, 0.25) is 0 Å². The van der Waals surface area contributed by atoms with Crippen LogP contribution in [0, 0.1) is 0 Å². The first-order valence-electron chi connectivity index (χ1n) is 6.21. The molecule has 0 unspecified atom stereocenters. The standard InChI is InChI=1S/C12H14N6O/c19-12(10-14-8-15-17-10)16-9-4-3-5-13-11(9)18-6-1-2-7-18/h3-5,8H,1-2,6-7H2,(H,16,19)(H,14,15,17). The fourth-order valence-electron chi connectivity index (χ4n) is 2.17. The van der Waals surface area contributed by atoms with Crippen LogP contribution in [0.1, 0.15) is 23.5 Å². The number of pyridine rings is 1. The van der Waals surface area contributed by atoms with Crippen LogP contribution < -0.4 is 10.2 Å². The highest BCUT2D eigenvalue weighted by molar-refractivity contribution is 6.03. The maximum Gasteiger partial charge on any atom is 0.293 e. The first-order chi connectivity index (χ1) is 9.34. The van der Waals surface area contributed by atoms with Crippen LogP contribution in [0.25, 0.3) is 0 Å². The Kier molecular flexibility index (Phi) is 3.09. The van der Waals surface area contributed by atoms with E-state index >= 15 is 0 Å². The second-order valence-electron chi connectivity index (χ2n) is 4.36. The van der Waals surface area contributed by atoms with Crippen LogP contribution in [-0.4, -0.2) is 39.2 Å². The van der Waals surface area contributed by atoms with Gasteiger partial charge >= 0.3 is 0 Å². The second-order valence-corrected chi connectivity index (χ2v) is 4.36. The Morgan fingerprint density at radius 3 is 2.89 bits per heavy atom. The highest BCUT2D eigenvalue weighted by atomic mass is 16.2. The van der Waals surface area contributed by atoms with Gasteiger partial charge in [-0.1, -0.05) is 0 Å². The molecule has 0 spiro atoms. The van der Waals surface area contributed by atoms with E-state index in [1.54, 1.807) is 12.3 Å². The first kappa shape index (κ1) is 11.6. The molecule has 0 atom stereocenters. The van der Waals surface area contributed by atoms with E-state index < -0.39 is 0 Å². The van der Waals surface area contributed by atoms with E-state index in [2.05, 4.69) is 30.4 Å². The molecule has 0 saturated carbocycles. The quantitative estimate of drug-likeness (QED) is 0.859. The molecule has 1 aliphatic heterocycles. The number of rotatable bonds is 3. The third-order valence-corrected chi connectivity index (χ3v) is 3.07. The number of nitrogens with zero attached hydrogens (tertiary/aromatic N) is 4. The number of hydrogen-bond acceptors (Lipinski definition) is 5. The molecule has 2 aromatic heterocycles. The fraction of sp³-hybridized carbons (Fsp3) is 0.333. The maximum atomic E-state index is 12.0. The molecule has 0 bridgehead atoms. The Hall–Kier alpha value is -2.44. The lowest BCUT2D eigenvalue weighted by Crippen LogP contribution is -2.22. The molecular weight excluding hydrogens is 244 g/mol. The van der Waals surface area contributed by atoms with Crippen molar-refractivity contribution in [3.8, 4) is 0 Å². The lowest BCUT2D eigenvalue weighted by Gasteiger charge is -2.19. The fourth-order valence-corrected chi connectivity index (χ4v) is 2.17. The Balaban J connectivity index is 1.82. The second kappa shape index (κ2) is 5.05. The van der Waals surface area contributed by atoms with Gasteiger partial charge in [0.2, 0.25) is 5.82 Å². The predicted octanol–water partition coefficient (Wildman–Crippen LogP) is 1.05. The summed E-state index contributed by atoms with van der Waals surface area (Å²) in [6, 6.07) is 3.64. The molecule has 0 aliphatic carbocycles. The number of amides is 1. The summed E-state index contributed by atoms with van der Waals surface area (Å²) < 4.78 is 0. The minimum atomic E-state index is -0.314.